The molecule has 0 fully saturated rings. The maximum absolute atomic E-state index is 12.2. The molecule has 2 heterocycles. The minimum absolute atomic E-state index is 0.176. The average molecular weight is 360 g/mol. The lowest BCUT2D eigenvalue weighted by molar-refractivity contribution is 0.354. The smallest absolute Gasteiger partial charge is 0.277 e. The van der Waals surface area contributed by atoms with Gasteiger partial charge in [-0.15, -0.1) is 0 Å². The van der Waals surface area contributed by atoms with Gasteiger partial charge in [0.15, 0.2) is 21.9 Å². The predicted octanol–water partition coefficient (Wildman–Crippen LogP) is 2.97. The van der Waals surface area contributed by atoms with Crippen molar-refractivity contribution in [1.29, 1.82) is 0 Å². The van der Waals surface area contributed by atoms with E-state index in [-0.39, 0.29) is 11.5 Å². The number of H-pyrrole nitrogens is 2. The maximum atomic E-state index is 12.2. The summed E-state index contributed by atoms with van der Waals surface area (Å²) in [5, 5.41) is 0. The second kappa shape index (κ2) is 6.72. The van der Waals surface area contributed by atoms with Crippen molar-refractivity contribution in [3.8, 4) is 11.5 Å². The number of aromatic nitrogens is 4. The van der Waals surface area contributed by atoms with Crippen molar-refractivity contribution in [2.45, 2.75) is 26.3 Å². The third kappa shape index (κ3) is 3.17. The number of nitrogens with one attached hydrogen (secondary N) is 2. The number of hydrogen-bond acceptors (Lipinski definition) is 5. The van der Waals surface area contributed by atoms with Crippen molar-refractivity contribution in [2.24, 2.45) is 0 Å². The molecule has 0 saturated heterocycles. The zero-order valence-corrected chi connectivity index (χ0v) is 15.4. The lowest BCUT2D eigenvalue weighted by Crippen LogP contribution is -2.15. The molecule has 0 aliphatic heterocycles. The van der Waals surface area contributed by atoms with Gasteiger partial charge in [0.05, 0.1) is 20.8 Å². The highest BCUT2D eigenvalue weighted by Gasteiger charge is 2.14. The summed E-state index contributed by atoms with van der Waals surface area (Å²) in [5.41, 5.74) is 1.67. The zero-order valence-electron chi connectivity index (χ0n) is 14.5. The van der Waals surface area contributed by atoms with E-state index in [2.05, 4.69) is 15.0 Å². The van der Waals surface area contributed by atoms with E-state index in [1.807, 2.05) is 32.0 Å². The van der Waals surface area contributed by atoms with Crippen molar-refractivity contribution in [1.82, 2.24) is 19.5 Å². The molecule has 0 spiro atoms. The van der Waals surface area contributed by atoms with E-state index in [0.29, 0.717) is 34.0 Å². The van der Waals surface area contributed by atoms with Crippen molar-refractivity contribution >= 4 is 23.4 Å². The normalized spacial score (nSPS) is 11.2. The second-order valence-electron chi connectivity index (χ2n) is 6.01. The number of ether oxygens (including phenoxy) is 2. The molecule has 0 unspecified atom stereocenters. The number of hydrogen-bond donors (Lipinski definition) is 2. The first-order chi connectivity index (χ1) is 11.9. The largest absolute Gasteiger partial charge is 0.493 e. The number of aromatic amines is 2. The molecule has 0 aliphatic rings. The molecular weight excluding hydrogens is 340 g/mol. The van der Waals surface area contributed by atoms with Gasteiger partial charge in [-0.3, -0.25) is 14.3 Å². The standard InChI is InChI=1S/C17H20N4O3S/c1-9(2)14-18-13-15(19-14)21(17(25)20-16(13)22)8-10-5-6-11(23-3)12(7-10)24-4/h5-7,9H,8H2,1-4H3,(H,18,19)(H,20,22,25). The van der Waals surface area contributed by atoms with Crippen LogP contribution in [0.5, 0.6) is 11.5 Å². The fourth-order valence-electron chi connectivity index (χ4n) is 2.64. The van der Waals surface area contributed by atoms with Crippen LogP contribution in [-0.2, 0) is 6.54 Å². The Hall–Kier alpha value is -2.61. The number of methoxy groups -OCH3 is 2. The van der Waals surface area contributed by atoms with E-state index in [0.717, 1.165) is 11.4 Å². The Morgan fingerprint density at radius 2 is 1.92 bits per heavy atom. The Labute approximate surface area is 149 Å². The van der Waals surface area contributed by atoms with Crippen LogP contribution in [0.25, 0.3) is 11.2 Å². The molecule has 25 heavy (non-hydrogen) atoms. The monoisotopic (exact) mass is 360 g/mol. The summed E-state index contributed by atoms with van der Waals surface area (Å²) < 4.78 is 12.7. The topological polar surface area (TPSA) is 84.9 Å². The molecule has 3 aromatic rings. The Morgan fingerprint density at radius 3 is 2.56 bits per heavy atom. The van der Waals surface area contributed by atoms with E-state index in [1.165, 1.54) is 0 Å². The van der Waals surface area contributed by atoms with Crippen LogP contribution in [0.2, 0.25) is 0 Å². The Balaban J connectivity index is 2.13. The third-order valence-corrected chi connectivity index (χ3v) is 4.31. The minimum Gasteiger partial charge on any atom is -0.493 e. The van der Waals surface area contributed by atoms with Crippen LogP contribution in [0.3, 0.4) is 0 Å². The van der Waals surface area contributed by atoms with Gasteiger partial charge in [0.2, 0.25) is 0 Å². The van der Waals surface area contributed by atoms with Crippen LogP contribution in [0.15, 0.2) is 23.0 Å². The fourth-order valence-corrected chi connectivity index (χ4v) is 2.88. The minimum atomic E-state index is -0.261. The number of fused-ring (bicyclic) bond motifs is 1. The third-order valence-electron chi connectivity index (χ3n) is 3.99. The zero-order chi connectivity index (χ0) is 18.1. The predicted molar refractivity (Wildman–Crippen MR) is 98.3 cm³/mol. The van der Waals surface area contributed by atoms with Crippen LogP contribution < -0.4 is 15.0 Å². The summed E-state index contributed by atoms with van der Waals surface area (Å²) in [4.78, 5) is 22.5. The molecular formula is C17H20N4O3S. The van der Waals surface area contributed by atoms with Crippen molar-refractivity contribution in [3.05, 3.63) is 44.7 Å². The van der Waals surface area contributed by atoms with Crippen molar-refractivity contribution in [2.75, 3.05) is 14.2 Å². The van der Waals surface area contributed by atoms with Gasteiger partial charge in [0, 0.05) is 5.92 Å². The Kier molecular flexibility index (Phi) is 4.63. The Bertz CT molecular complexity index is 1030. The summed E-state index contributed by atoms with van der Waals surface area (Å²) in [5.74, 6) is 2.22. The summed E-state index contributed by atoms with van der Waals surface area (Å²) in [6.07, 6.45) is 0. The van der Waals surface area contributed by atoms with Gasteiger partial charge in [-0.25, -0.2) is 4.98 Å². The number of nitrogens with zero attached hydrogens (tertiary/aromatic N) is 2. The highest BCUT2D eigenvalue weighted by atomic mass is 32.1. The van der Waals surface area contributed by atoms with Gasteiger partial charge < -0.3 is 14.5 Å². The molecule has 132 valence electrons. The highest BCUT2D eigenvalue weighted by Crippen LogP contribution is 2.28. The molecule has 0 bridgehead atoms. The molecule has 7 nitrogen and oxygen atoms in total. The molecule has 2 aromatic heterocycles. The van der Waals surface area contributed by atoms with E-state index in [9.17, 15) is 4.79 Å². The Morgan fingerprint density at radius 1 is 1.20 bits per heavy atom. The summed E-state index contributed by atoms with van der Waals surface area (Å²) in [6.45, 7) is 4.48. The summed E-state index contributed by atoms with van der Waals surface area (Å²) >= 11 is 5.35. The van der Waals surface area contributed by atoms with Crippen molar-refractivity contribution in [3.63, 3.8) is 0 Å². The highest BCUT2D eigenvalue weighted by molar-refractivity contribution is 7.71. The van der Waals surface area contributed by atoms with Crippen LogP contribution in [0.4, 0.5) is 0 Å². The van der Waals surface area contributed by atoms with E-state index in [1.54, 1.807) is 18.8 Å². The van der Waals surface area contributed by atoms with E-state index >= 15 is 0 Å². The summed E-state index contributed by atoms with van der Waals surface area (Å²) in [6, 6.07) is 5.65. The first kappa shape index (κ1) is 17.2. The number of imidazole rings is 1. The molecule has 3 rings (SSSR count). The maximum Gasteiger partial charge on any atom is 0.277 e. The molecule has 0 amide bonds. The van der Waals surface area contributed by atoms with Crippen LogP contribution in [0, 0.1) is 4.77 Å². The first-order valence-electron chi connectivity index (χ1n) is 7.88. The van der Waals surface area contributed by atoms with E-state index < -0.39 is 0 Å². The van der Waals surface area contributed by atoms with Gasteiger partial charge in [0.1, 0.15) is 11.3 Å². The molecule has 0 atom stereocenters. The lowest BCUT2D eigenvalue weighted by atomic mass is 10.2. The van der Waals surface area contributed by atoms with Gasteiger partial charge >= 0.3 is 0 Å². The SMILES string of the molecule is COc1ccc(Cn2c(=S)[nH]c(=O)c3[nH]c(C(C)C)nc32)cc1OC. The molecule has 8 heteroatoms. The molecule has 0 radical (unpaired) electrons. The fraction of sp³-hybridized carbons (Fsp3) is 0.353. The van der Waals surface area contributed by atoms with Crippen LogP contribution in [0.1, 0.15) is 31.2 Å². The molecule has 0 saturated carbocycles. The lowest BCUT2D eigenvalue weighted by Gasteiger charge is -2.11. The quantitative estimate of drug-likeness (QED) is 0.683. The molecule has 0 aliphatic carbocycles. The average Bonchev–Trinajstić information content (AvgIpc) is 3.04. The van der Waals surface area contributed by atoms with Gasteiger partial charge in [-0.05, 0) is 29.9 Å². The molecule has 2 N–H and O–H groups in total. The van der Waals surface area contributed by atoms with Crippen molar-refractivity contribution < 1.29 is 9.47 Å². The van der Waals surface area contributed by atoms with Crippen LogP contribution in [-0.4, -0.2) is 33.7 Å². The van der Waals surface area contributed by atoms with E-state index in [4.69, 9.17) is 21.7 Å². The second-order valence-corrected chi connectivity index (χ2v) is 6.40. The van der Waals surface area contributed by atoms with Crippen LogP contribution >= 0.6 is 12.2 Å². The first-order valence-corrected chi connectivity index (χ1v) is 8.29. The van der Waals surface area contributed by atoms with Gasteiger partial charge in [0.25, 0.3) is 5.56 Å². The number of rotatable bonds is 5. The van der Waals surface area contributed by atoms with Gasteiger partial charge in [-0.2, -0.15) is 0 Å². The van der Waals surface area contributed by atoms with Gasteiger partial charge in [-0.1, -0.05) is 19.9 Å². The number of benzene rings is 1. The molecule has 1 aromatic carbocycles. The summed E-state index contributed by atoms with van der Waals surface area (Å²) in [7, 11) is 3.18.